The fourth-order valence-corrected chi connectivity index (χ4v) is 4.18. The molecular formula is C12H18N2O6. The average Bonchev–Trinajstić information content (AvgIpc) is 2.96. The fraction of sp³-hybridized carbons (Fsp3) is 0.750. The Morgan fingerprint density at radius 1 is 1.35 bits per heavy atom. The smallest absolute Gasteiger partial charge is 0.337 e. The standard InChI is InChI=1S/C12H18N2O6/c1-2-10(20,9(18)19)11(14)4-3-5-6(7(15)16)12(5,11)8(13)17/h5-6,20H,2-4,14H2,1H3,(H2,13,17)(H,15,16)(H,18,19)/t5-,6-,10?,11-,12-/m1/s1. The Morgan fingerprint density at radius 2 is 1.90 bits per heavy atom. The second-order valence-corrected chi connectivity index (χ2v) is 5.68. The zero-order chi connectivity index (χ0) is 15.5. The van der Waals surface area contributed by atoms with Crippen LogP contribution in [0.15, 0.2) is 0 Å². The van der Waals surface area contributed by atoms with Crippen molar-refractivity contribution in [3.8, 4) is 0 Å². The molecule has 0 radical (unpaired) electrons. The molecule has 0 aliphatic heterocycles. The highest BCUT2D eigenvalue weighted by Crippen LogP contribution is 2.73. The van der Waals surface area contributed by atoms with E-state index >= 15 is 0 Å². The number of aliphatic hydroxyl groups is 1. The molecule has 8 heteroatoms. The Balaban J connectivity index is 2.59. The van der Waals surface area contributed by atoms with Gasteiger partial charge in [0.1, 0.15) is 0 Å². The van der Waals surface area contributed by atoms with Gasteiger partial charge in [-0.05, 0) is 25.2 Å². The molecule has 0 saturated heterocycles. The molecule has 112 valence electrons. The van der Waals surface area contributed by atoms with Crippen molar-refractivity contribution in [3.05, 3.63) is 0 Å². The minimum atomic E-state index is -2.39. The number of carbonyl (C=O) groups is 3. The van der Waals surface area contributed by atoms with Crippen molar-refractivity contribution in [2.45, 2.75) is 37.3 Å². The number of rotatable bonds is 5. The maximum atomic E-state index is 11.9. The number of aliphatic carboxylic acids is 2. The first-order chi connectivity index (χ1) is 9.11. The van der Waals surface area contributed by atoms with Gasteiger partial charge in [0, 0.05) is 0 Å². The van der Waals surface area contributed by atoms with Crippen molar-refractivity contribution in [2.24, 2.45) is 28.7 Å². The van der Waals surface area contributed by atoms with E-state index in [0.717, 1.165) is 0 Å². The van der Waals surface area contributed by atoms with E-state index in [0.29, 0.717) is 0 Å². The lowest BCUT2D eigenvalue weighted by Crippen LogP contribution is -2.71. The van der Waals surface area contributed by atoms with Gasteiger partial charge in [0.15, 0.2) is 5.60 Å². The number of carboxylic acid groups (broad SMARTS) is 2. The highest BCUT2D eigenvalue weighted by Gasteiger charge is 2.86. The van der Waals surface area contributed by atoms with E-state index in [1.54, 1.807) is 0 Å². The van der Waals surface area contributed by atoms with Crippen LogP contribution >= 0.6 is 0 Å². The maximum absolute atomic E-state index is 11.9. The van der Waals surface area contributed by atoms with Crippen molar-refractivity contribution >= 4 is 17.8 Å². The molecule has 0 bridgehead atoms. The lowest BCUT2D eigenvalue weighted by Gasteiger charge is -2.44. The highest BCUT2D eigenvalue weighted by molar-refractivity contribution is 5.97. The van der Waals surface area contributed by atoms with Crippen LogP contribution in [0.3, 0.4) is 0 Å². The van der Waals surface area contributed by atoms with Gasteiger partial charge in [0.2, 0.25) is 5.91 Å². The number of primary amides is 1. The Morgan fingerprint density at radius 3 is 2.20 bits per heavy atom. The maximum Gasteiger partial charge on any atom is 0.337 e. The van der Waals surface area contributed by atoms with Gasteiger partial charge >= 0.3 is 11.9 Å². The van der Waals surface area contributed by atoms with Gasteiger partial charge in [-0.3, -0.25) is 9.59 Å². The van der Waals surface area contributed by atoms with Crippen LogP contribution in [0.4, 0.5) is 0 Å². The summed E-state index contributed by atoms with van der Waals surface area (Å²) in [6.45, 7) is 1.42. The Hall–Kier alpha value is -1.67. The molecule has 8 nitrogen and oxygen atoms in total. The molecule has 0 aromatic rings. The Kier molecular flexibility index (Phi) is 2.89. The average molecular weight is 286 g/mol. The van der Waals surface area contributed by atoms with E-state index < -0.39 is 46.2 Å². The second kappa shape index (κ2) is 3.92. The summed E-state index contributed by atoms with van der Waals surface area (Å²) in [6, 6.07) is 0. The Labute approximate surface area is 114 Å². The van der Waals surface area contributed by atoms with Gasteiger partial charge in [-0.15, -0.1) is 0 Å². The van der Waals surface area contributed by atoms with Crippen LogP contribution in [0.5, 0.6) is 0 Å². The van der Waals surface area contributed by atoms with E-state index in [2.05, 4.69) is 0 Å². The summed E-state index contributed by atoms with van der Waals surface area (Å²) >= 11 is 0. The largest absolute Gasteiger partial charge is 0.481 e. The minimum Gasteiger partial charge on any atom is -0.481 e. The van der Waals surface area contributed by atoms with Crippen molar-refractivity contribution in [3.63, 3.8) is 0 Å². The predicted octanol–water partition coefficient (Wildman–Crippen LogP) is -1.49. The lowest BCUT2D eigenvalue weighted by atomic mass is 9.66. The van der Waals surface area contributed by atoms with E-state index in [-0.39, 0.29) is 19.3 Å². The van der Waals surface area contributed by atoms with E-state index in [4.69, 9.17) is 11.5 Å². The molecule has 7 N–H and O–H groups in total. The summed E-state index contributed by atoms with van der Waals surface area (Å²) in [7, 11) is 0. The molecule has 2 aliphatic rings. The number of amides is 1. The van der Waals surface area contributed by atoms with Gasteiger partial charge < -0.3 is 26.8 Å². The third-order valence-electron chi connectivity index (χ3n) is 5.23. The van der Waals surface area contributed by atoms with Crippen molar-refractivity contribution in [2.75, 3.05) is 0 Å². The number of nitrogens with two attached hydrogens (primary N) is 2. The van der Waals surface area contributed by atoms with Crippen LogP contribution in [0, 0.1) is 17.3 Å². The minimum absolute atomic E-state index is 0.0427. The molecular weight excluding hydrogens is 268 g/mol. The monoisotopic (exact) mass is 286 g/mol. The summed E-state index contributed by atoms with van der Waals surface area (Å²) in [6.07, 6.45) is 0.0555. The normalized spacial score (nSPS) is 41.5. The summed E-state index contributed by atoms with van der Waals surface area (Å²) in [5.74, 6) is -5.51. The van der Waals surface area contributed by atoms with Gasteiger partial charge in [-0.2, -0.15) is 0 Å². The molecule has 0 spiro atoms. The molecule has 1 unspecified atom stereocenters. The SMILES string of the molecule is CCC(O)(C(=O)O)[C@]1(N)CC[C@@H]2[C@H](C(=O)O)[C@@]21C(N)=O. The third kappa shape index (κ3) is 1.25. The van der Waals surface area contributed by atoms with Crippen molar-refractivity contribution in [1.82, 2.24) is 0 Å². The zero-order valence-corrected chi connectivity index (χ0v) is 11.0. The molecule has 0 aromatic heterocycles. The van der Waals surface area contributed by atoms with Crippen LogP contribution in [-0.4, -0.2) is 44.3 Å². The predicted molar refractivity (Wildman–Crippen MR) is 65.3 cm³/mol. The summed E-state index contributed by atoms with van der Waals surface area (Å²) < 4.78 is 0. The molecule has 2 fully saturated rings. The first-order valence-electron chi connectivity index (χ1n) is 6.38. The quantitative estimate of drug-likeness (QED) is 0.410. The van der Waals surface area contributed by atoms with E-state index in [1.807, 2.05) is 0 Å². The van der Waals surface area contributed by atoms with E-state index in [1.165, 1.54) is 6.92 Å². The molecule has 5 atom stereocenters. The number of hydrogen-bond acceptors (Lipinski definition) is 5. The summed E-state index contributed by atoms with van der Waals surface area (Å²) in [4.78, 5) is 34.5. The fourth-order valence-electron chi connectivity index (χ4n) is 4.18. The summed E-state index contributed by atoms with van der Waals surface area (Å²) in [5, 5.41) is 28.9. The molecule has 0 aromatic carbocycles. The van der Waals surface area contributed by atoms with Crippen LogP contribution in [0.25, 0.3) is 0 Å². The molecule has 2 rings (SSSR count). The number of hydrogen-bond donors (Lipinski definition) is 5. The van der Waals surface area contributed by atoms with Crippen LogP contribution in [0.1, 0.15) is 26.2 Å². The number of fused-ring (bicyclic) bond motifs is 1. The van der Waals surface area contributed by atoms with Gasteiger partial charge in [-0.1, -0.05) is 6.92 Å². The summed E-state index contributed by atoms with van der Waals surface area (Å²) in [5.41, 5.74) is 5.49. The molecule has 20 heavy (non-hydrogen) atoms. The lowest BCUT2D eigenvalue weighted by molar-refractivity contribution is -0.174. The molecule has 2 saturated carbocycles. The first kappa shape index (κ1) is 14.7. The van der Waals surface area contributed by atoms with Gasteiger partial charge in [0.05, 0.1) is 16.9 Å². The number of carbonyl (C=O) groups excluding carboxylic acids is 1. The zero-order valence-electron chi connectivity index (χ0n) is 11.0. The van der Waals surface area contributed by atoms with Crippen molar-refractivity contribution < 1.29 is 29.7 Å². The Bertz CT molecular complexity index is 508. The van der Waals surface area contributed by atoms with Gasteiger partial charge in [-0.25, -0.2) is 4.79 Å². The van der Waals surface area contributed by atoms with Crippen LogP contribution < -0.4 is 11.5 Å². The molecule has 0 heterocycles. The highest BCUT2D eigenvalue weighted by atomic mass is 16.4. The third-order valence-corrected chi connectivity index (χ3v) is 5.23. The molecule has 2 aliphatic carbocycles. The van der Waals surface area contributed by atoms with Gasteiger partial charge in [0.25, 0.3) is 0 Å². The number of carboxylic acids is 2. The topological polar surface area (TPSA) is 164 Å². The van der Waals surface area contributed by atoms with Crippen molar-refractivity contribution in [1.29, 1.82) is 0 Å². The van der Waals surface area contributed by atoms with E-state index in [9.17, 15) is 29.7 Å². The second-order valence-electron chi connectivity index (χ2n) is 5.68. The van der Waals surface area contributed by atoms with Crippen LogP contribution in [0.2, 0.25) is 0 Å². The van der Waals surface area contributed by atoms with Crippen LogP contribution in [-0.2, 0) is 14.4 Å². The molecule has 1 amide bonds. The first-order valence-corrected chi connectivity index (χ1v) is 6.38.